The van der Waals surface area contributed by atoms with E-state index in [2.05, 4.69) is 49.5 Å². The Morgan fingerprint density at radius 1 is 1.10 bits per heavy atom. The molecule has 0 unspecified atom stereocenters. The molecule has 2 rings (SSSR count). The van der Waals surface area contributed by atoms with Crippen molar-refractivity contribution in [3.63, 3.8) is 0 Å². The fraction of sp³-hybridized carbons (Fsp3) is 0.389. The summed E-state index contributed by atoms with van der Waals surface area (Å²) < 4.78 is 0. The summed E-state index contributed by atoms with van der Waals surface area (Å²) in [5.41, 5.74) is 0.799. The monoisotopic (exact) mass is 269 g/mol. The molecule has 0 aromatic heterocycles. The van der Waals surface area contributed by atoms with Crippen LogP contribution in [0.25, 0.3) is 10.8 Å². The molecule has 2 heteroatoms. The predicted molar refractivity (Wildman–Crippen MR) is 84.4 cm³/mol. The van der Waals surface area contributed by atoms with Crippen molar-refractivity contribution in [2.45, 2.75) is 34.2 Å². The molecule has 0 bridgehead atoms. The summed E-state index contributed by atoms with van der Waals surface area (Å²) >= 11 is 0. The van der Waals surface area contributed by atoms with E-state index in [0.29, 0.717) is 12.5 Å². The van der Waals surface area contributed by atoms with E-state index in [1.807, 2.05) is 26.0 Å². The smallest absolute Gasteiger partial charge is 0.226 e. The molecule has 1 amide bonds. The first-order valence-corrected chi connectivity index (χ1v) is 7.17. The highest BCUT2D eigenvalue weighted by atomic mass is 16.2. The van der Waals surface area contributed by atoms with Gasteiger partial charge in [0.25, 0.3) is 0 Å². The zero-order valence-corrected chi connectivity index (χ0v) is 12.7. The third kappa shape index (κ3) is 3.01. The normalized spacial score (nSPS) is 11.8. The first-order chi connectivity index (χ1) is 9.41. The van der Waals surface area contributed by atoms with Crippen molar-refractivity contribution in [2.24, 2.45) is 11.3 Å². The number of benzene rings is 2. The lowest BCUT2D eigenvalue weighted by atomic mass is 9.80. The van der Waals surface area contributed by atoms with Crippen LogP contribution in [0.2, 0.25) is 0 Å². The summed E-state index contributed by atoms with van der Waals surface area (Å²) in [7, 11) is 0. The van der Waals surface area contributed by atoms with Gasteiger partial charge in [0.15, 0.2) is 0 Å². The van der Waals surface area contributed by atoms with Gasteiger partial charge in [-0.3, -0.25) is 4.79 Å². The molecule has 0 saturated carbocycles. The zero-order valence-electron chi connectivity index (χ0n) is 12.7. The fourth-order valence-electron chi connectivity index (χ4n) is 2.02. The average Bonchev–Trinajstić information content (AvgIpc) is 2.44. The molecule has 0 fully saturated rings. The van der Waals surface area contributed by atoms with E-state index >= 15 is 0 Å². The molecule has 0 radical (unpaired) electrons. The minimum Gasteiger partial charge on any atom is -0.352 e. The molecule has 106 valence electrons. The van der Waals surface area contributed by atoms with Gasteiger partial charge < -0.3 is 5.32 Å². The summed E-state index contributed by atoms with van der Waals surface area (Å²) in [6, 6.07) is 14.6. The molecule has 0 spiro atoms. The minimum absolute atomic E-state index is 0.112. The summed E-state index contributed by atoms with van der Waals surface area (Å²) in [5, 5.41) is 5.48. The molecule has 20 heavy (non-hydrogen) atoms. The molecule has 0 aliphatic rings. The summed E-state index contributed by atoms with van der Waals surface area (Å²) in [5.74, 6) is 0.430. The highest BCUT2D eigenvalue weighted by molar-refractivity contribution is 5.84. The van der Waals surface area contributed by atoms with Crippen molar-refractivity contribution < 1.29 is 4.79 Å². The van der Waals surface area contributed by atoms with E-state index < -0.39 is 0 Å². The van der Waals surface area contributed by atoms with E-state index in [1.165, 1.54) is 10.8 Å². The van der Waals surface area contributed by atoms with Gasteiger partial charge in [0.2, 0.25) is 5.91 Å². The van der Waals surface area contributed by atoms with Gasteiger partial charge >= 0.3 is 0 Å². The molecule has 0 aliphatic heterocycles. The second kappa shape index (κ2) is 5.66. The van der Waals surface area contributed by atoms with Crippen molar-refractivity contribution >= 4 is 16.7 Å². The van der Waals surface area contributed by atoms with Gasteiger partial charge in [-0.05, 0) is 28.3 Å². The van der Waals surface area contributed by atoms with Gasteiger partial charge in [0.1, 0.15) is 0 Å². The number of hydrogen-bond acceptors (Lipinski definition) is 1. The van der Waals surface area contributed by atoms with Crippen molar-refractivity contribution in [3.05, 3.63) is 48.0 Å². The molecular weight excluding hydrogens is 246 g/mol. The maximum Gasteiger partial charge on any atom is 0.226 e. The standard InChI is InChI=1S/C18H23NO/c1-13(2)18(3,4)17(20)19-12-14-9-10-15-7-5-6-8-16(15)11-14/h5-11,13H,12H2,1-4H3,(H,19,20). The van der Waals surface area contributed by atoms with Crippen molar-refractivity contribution in [3.8, 4) is 0 Å². The zero-order chi connectivity index (χ0) is 14.8. The molecule has 0 saturated heterocycles. The molecule has 2 aromatic carbocycles. The Kier molecular flexibility index (Phi) is 4.12. The van der Waals surface area contributed by atoms with E-state index in [0.717, 1.165) is 5.56 Å². The van der Waals surface area contributed by atoms with Gasteiger partial charge in [0, 0.05) is 12.0 Å². The second-order valence-electron chi connectivity index (χ2n) is 6.24. The molecular formula is C18H23NO. The van der Waals surface area contributed by atoms with Crippen LogP contribution in [-0.4, -0.2) is 5.91 Å². The van der Waals surface area contributed by atoms with Gasteiger partial charge in [-0.15, -0.1) is 0 Å². The van der Waals surface area contributed by atoms with Crippen LogP contribution in [0.15, 0.2) is 42.5 Å². The number of carbonyl (C=O) groups is 1. The predicted octanol–water partition coefficient (Wildman–Crippen LogP) is 4.14. The van der Waals surface area contributed by atoms with Crippen molar-refractivity contribution in [1.29, 1.82) is 0 Å². The van der Waals surface area contributed by atoms with Crippen LogP contribution < -0.4 is 5.32 Å². The Morgan fingerprint density at radius 2 is 1.75 bits per heavy atom. The van der Waals surface area contributed by atoms with E-state index in [9.17, 15) is 4.79 Å². The van der Waals surface area contributed by atoms with Crippen molar-refractivity contribution in [2.75, 3.05) is 0 Å². The summed E-state index contributed by atoms with van der Waals surface area (Å²) in [6.45, 7) is 8.73. The molecule has 0 atom stereocenters. The molecule has 0 aliphatic carbocycles. The highest BCUT2D eigenvalue weighted by Gasteiger charge is 2.30. The lowest BCUT2D eigenvalue weighted by Crippen LogP contribution is -2.39. The Morgan fingerprint density at radius 3 is 2.40 bits per heavy atom. The van der Waals surface area contributed by atoms with Gasteiger partial charge in [-0.25, -0.2) is 0 Å². The largest absolute Gasteiger partial charge is 0.352 e. The Hall–Kier alpha value is -1.83. The summed E-state index contributed by atoms with van der Waals surface area (Å²) in [6.07, 6.45) is 0. The number of rotatable bonds is 4. The SMILES string of the molecule is CC(C)C(C)(C)C(=O)NCc1ccc2ccccc2c1. The molecule has 1 N–H and O–H groups in total. The Labute approximate surface area is 121 Å². The Balaban J connectivity index is 2.08. The molecule has 0 heterocycles. The number of fused-ring (bicyclic) bond motifs is 1. The van der Waals surface area contributed by atoms with Gasteiger partial charge in [0.05, 0.1) is 0 Å². The van der Waals surface area contributed by atoms with Gasteiger partial charge in [-0.2, -0.15) is 0 Å². The van der Waals surface area contributed by atoms with E-state index in [-0.39, 0.29) is 11.3 Å². The maximum absolute atomic E-state index is 12.2. The maximum atomic E-state index is 12.2. The first-order valence-electron chi connectivity index (χ1n) is 7.17. The topological polar surface area (TPSA) is 29.1 Å². The summed E-state index contributed by atoms with van der Waals surface area (Å²) in [4.78, 5) is 12.2. The van der Waals surface area contributed by atoms with Crippen LogP contribution in [0.3, 0.4) is 0 Å². The third-order valence-corrected chi connectivity index (χ3v) is 4.30. The average molecular weight is 269 g/mol. The number of amides is 1. The lowest BCUT2D eigenvalue weighted by Gasteiger charge is -2.27. The quantitative estimate of drug-likeness (QED) is 0.888. The first kappa shape index (κ1) is 14.6. The van der Waals surface area contributed by atoms with Crippen molar-refractivity contribution in [1.82, 2.24) is 5.32 Å². The van der Waals surface area contributed by atoms with E-state index in [1.54, 1.807) is 0 Å². The highest BCUT2D eigenvalue weighted by Crippen LogP contribution is 2.26. The molecule has 2 aromatic rings. The fourth-order valence-corrected chi connectivity index (χ4v) is 2.02. The minimum atomic E-state index is -0.336. The number of carbonyl (C=O) groups excluding carboxylic acids is 1. The second-order valence-corrected chi connectivity index (χ2v) is 6.24. The van der Waals surface area contributed by atoms with Crippen LogP contribution >= 0.6 is 0 Å². The van der Waals surface area contributed by atoms with Crippen LogP contribution in [0, 0.1) is 11.3 Å². The van der Waals surface area contributed by atoms with Crippen LogP contribution in [0.5, 0.6) is 0 Å². The molecule has 2 nitrogen and oxygen atoms in total. The third-order valence-electron chi connectivity index (χ3n) is 4.30. The van der Waals surface area contributed by atoms with Crippen LogP contribution in [-0.2, 0) is 11.3 Å². The lowest BCUT2D eigenvalue weighted by molar-refractivity contribution is -0.131. The number of nitrogens with one attached hydrogen (secondary N) is 1. The van der Waals surface area contributed by atoms with Crippen LogP contribution in [0.1, 0.15) is 33.3 Å². The van der Waals surface area contributed by atoms with Crippen LogP contribution in [0.4, 0.5) is 0 Å². The number of hydrogen-bond donors (Lipinski definition) is 1. The van der Waals surface area contributed by atoms with Gasteiger partial charge in [-0.1, -0.05) is 64.1 Å². The Bertz CT molecular complexity index is 614. The van der Waals surface area contributed by atoms with E-state index in [4.69, 9.17) is 0 Å².